The number of fused-ring (bicyclic) bond motifs is 1. The first-order chi connectivity index (χ1) is 14.7. The van der Waals surface area contributed by atoms with Crippen molar-refractivity contribution in [2.24, 2.45) is 0 Å². The number of ether oxygens (including phenoxy) is 3. The minimum absolute atomic E-state index is 0.0421. The lowest BCUT2D eigenvalue weighted by Crippen LogP contribution is -2.19. The van der Waals surface area contributed by atoms with Crippen molar-refractivity contribution in [3.05, 3.63) is 52.1 Å². The smallest absolute Gasteiger partial charge is 0.341 e. The van der Waals surface area contributed by atoms with Crippen molar-refractivity contribution >= 4 is 11.9 Å². The molecule has 164 valence electrons. The number of esters is 1. The third-order valence-corrected chi connectivity index (χ3v) is 4.65. The van der Waals surface area contributed by atoms with Crippen molar-refractivity contribution in [3.63, 3.8) is 0 Å². The molecule has 1 unspecified atom stereocenters. The molecule has 0 fully saturated rings. The summed E-state index contributed by atoms with van der Waals surface area (Å²) in [5.41, 5.74) is 0.430. The fourth-order valence-electron chi connectivity index (χ4n) is 3.30. The van der Waals surface area contributed by atoms with Crippen LogP contribution in [-0.4, -0.2) is 52.1 Å². The highest BCUT2D eigenvalue weighted by atomic mass is 16.5. The second-order valence-corrected chi connectivity index (χ2v) is 7.12. The van der Waals surface area contributed by atoms with Gasteiger partial charge in [0.05, 0.1) is 38.3 Å². The van der Waals surface area contributed by atoms with Crippen molar-refractivity contribution in [3.8, 4) is 22.8 Å². The molecule has 0 spiro atoms. The third kappa shape index (κ3) is 4.52. The van der Waals surface area contributed by atoms with E-state index in [-0.39, 0.29) is 29.3 Å². The SMILES string of the molecule is COC(=O)c1cn(C(CC(=O)O)c2ccc(OC(C)C)c(OC)c2)cc2c(=O)[nH]nc1-2. The standard InChI is InChI=1S/C21H23N3O7/c1-11(2)31-16-6-5-12(7-17(16)29-3)15(8-18(25)26)24-9-13-19(22-23-20(13)27)14(10-24)21(28)30-4/h5-7,9-11,15H,8H2,1-4H3,(H,23,27)(H,25,26). The van der Waals surface area contributed by atoms with Crippen LogP contribution in [0.2, 0.25) is 0 Å². The molecule has 3 rings (SSSR count). The molecule has 2 aliphatic heterocycles. The van der Waals surface area contributed by atoms with Gasteiger partial charge in [-0.15, -0.1) is 0 Å². The monoisotopic (exact) mass is 429 g/mol. The zero-order chi connectivity index (χ0) is 22.7. The molecule has 0 aliphatic carbocycles. The average molecular weight is 429 g/mol. The number of carboxylic acids is 1. The van der Waals surface area contributed by atoms with E-state index in [0.29, 0.717) is 17.1 Å². The number of aromatic amines is 1. The molecule has 31 heavy (non-hydrogen) atoms. The van der Waals surface area contributed by atoms with E-state index >= 15 is 0 Å². The van der Waals surface area contributed by atoms with E-state index in [4.69, 9.17) is 14.2 Å². The van der Waals surface area contributed by atoms with E-state index < -0.39 is 23.5 Å². The van der Waals surface area contributed by atoms with Crippen LogP contribution < -0.4 is 15.0 Å². The Morgan fingerprint density at radius 1 is 1.19 bits per heavy atom. The first-order valence-electron chi connectivity index (χ1n) is 9.49. The predicted octanol–water partition coefficient (Wildman–Crippen LogP) is 2.32. The quantitative estimate of drug-likeness (QED) is 0.521. The number of methoxy groups -OCH3 is 2. The topological polar surface area (TPSA) is 133 Å². The van der Waals surface area contributed by atoms with Crippen molar-refractivity contribution < 1.29 is 28.9 Å². The summed E-state index contributed by atoms with van der Waals surface area (Å²) in [5.74, 6) is -0.807. The highest BCUT2D eigenvalue weighted by molar-refractivity contribution is 5.96. The van der Waals surface area contributed by atoms with Gasteiger partial charge in [0.15, 0.2) is 11.5 Å². The van der Waals surface area contributed by atoms with Gasteiger partial charge in [0.25, 0.3) is 5.56 Å². The molecular formula is C21H23N3O7. The fourth-order valence-corrected chi connectivity index (χ4v) is 3.30. The number of hydrogen-bond acceptors (Lipinski definition) is 7. The van der Waals surface area contributed by atoms with Gasteiger partial charge in [0.2, 0.25) is 0 Å². The number of aliphatic carboxylic acids is 1. The van der Waals surface area contributed by atoms with Crippen molar-refractivity contribution in [1.29, 1.82) is 0 Å². The molecule has 0 saturated carbocycles. The van der Waals surface area contributed by atoms with Gasteiger partial charge in [-0.1, -0.05) is 6.07 Å². The number of carbonyl (C=O) groups excluding carboxylic acids is 1. The lowest BCUT2D eigenvalue weighted by molar-refractivity contribution is -0.137. The van der Waals surface area contributed by atoms with E-state index in [2.05, 4.69) is 10.2 Å². The second-order valence-electron chi connectivity index (χ2n) is 7.12. The lowest BCUT2D eigenvalue weighted by Gasteiger charge is -2.23. The molecule has 10 heteroatoms. The number of nitrogens with one attached hydrogen (secondary N) is 1. The van der Waals surface area contributed by atoms with Crippen LogP contribution in [0.15, 0.2) is 35.4 Å². The van der Waals surface area contributed by atoms with Crippen LogP contribution in [0.3, 0.4) is 0 Å². The van der Waals surface area contributed by atoms with E-state index in [1.165, 1.54) is 31.2 Å². The van der Waals surface area contributed by atoms with Gasteiger partial charge in [0.1, 0.15) is 11.3 Å². The van der Waals surface area contributed by atoms with Gasteiger partial charge in [-0.05, 0) is 31.5 Å². The molecule has 10 nitrogen and oxygen atoms in total. The Balaban J connectivity index is 2.18. The maximum atomic E-state index is 12.3. The maximum Gasteiger partial charge on any atom is 0.341 e. The largest absolute Gasteiger partial charge is 0.493 e. The average Bonchev–Trinajstić information content (AvgIpc) is 3.11. The van der Waals surface area contributed by atoms with Crippen LogP contribution in [0.25, 0.3) is 11.3 Å². The zero-order valence-electron chi connectivity index (χ0n) is 17.5. The number of pyridine rings is 1. The van der Waals surface area contributed by atoms with Gasteiger partial charge in [-0.25, -0.2) is 9.89 Å². The number of benzene rings is 1. The number of rotatable bonds is 8. The number of carbonyl (C=O) groups is 2. The molecule has 1 aromatic rings. The molecule has 0 bridgehead atoms. The number of aromatic nitrogens is 3. The first-order valence-corrected chi connectivity index (χ1v) is 9.49. The van der Waals surface area contributed by atoms with Gasteiger partial charge >= 0.3 is 11.9 Å². The summed E-state index contributed by atoms with van der Waals surface area (Å²) >= 11 is 0. The van der Waals surface area contributed by atoms with Crippen molar-refractivity contribution in [2.75, 3.05) is 14.2 Å². The molecule has 1 atom stereocenters. The van der Waals surface area contributed by atoms with E-state index in [1.807, 2.05) is 13.8 Å². The van der Waals surface area contributed by atoms with Crippen LogP contribution >= 0.6 is 0 Å². The Hall–Kier alpha value is -3.82. The minimum Gasteiger partial charge on any atom is -0.493 e. The van der Waals surface area contributed by atoms with Gasteiger partial charge < -0.3 is 23.9 Å². The zero-order valence-corrected chi connectivity index (χ0v) is 17.5. The first kappa shape index (κ1) is 21.9. The second kappa shape index (κ2) is 8.90. The third-order valence-electron chi connectivity index (χ3n) is 4.65. The number of hydrogen-bond donors (Lipinski definition) is 2. The van der Waals surface area contributed by atoms with E-state index in [1.54, 1.807) is 18.2 Å². The molecule has 2 N–H and O–H groups in total. The molecule has 1 aromatic carbocycles. The van der Waals surface area contributed by atoms with Crippen LogP contribution in [0, 0.1) is 0 Å². The van der Waals surface area contributed by atoms with E-state index in [0.717, 1.165) is 0 Å². The van der Waals surface area contributed by atoms with Gasteiger partial charge in [-0.2, -0.15) is 5.10 Å². The van der Waals surface area contributed by atoms with Gasteiger partial charge in [-0.3, -0.25) is 9.59 Å². The molecule has 2 aliphatic rings. The van der Waals surface area contributed by atoms with E-state index in [9.17, 15) is 19.5 Å². The highest BCUT2D eigenvalue weighted by Gasteiger charge is 2.26. The minimum atomic E-state index is -1.06. The Morgan fingerprint density at radius 3 is 2.55 bits per heavy atom. The summed E-state index contributed by atoms with van der Waals surface area (Å²) in [6, 6.07) is 4.34. The predicted molar refractivity (Wildman–Crippen MR) is 110 cm³/mol. The fraction of sp³-hybridized carbons (Fsp3) is 0.333. The van der Waals surface area contributed by atoms with Crippen molar-refractivity contribution in [2.45, 2.75) is 32.4 Å². The Morgan fingerprint density at radius 2 is 1.94 bits per heavy atom. The summed E-state index contributed by atoms with van der Waals surface area (Å²) in [5, 5.41) is 15.7. The summed E-state index contributed by atoms with van der Waals surface area (Å²) in [6.45, 7) is 3.76. The number of nitrogens with zero attached hydrogens (tertiary/aromatic N) is 2. The van der Waals surface area contributed by atoms with Crippen LogP contribution in [0.4, 0.5) is 0 Å². The Kier molecular flexibility index (Phi) is 6.28. The van der Waals surface area contributed by atoms with Crippen LogP contribution in [-0.2, 0) is 9.53 Å². The Labute approximate surface area is 177 Å². The molecule has 2 heterocycles. The normalized spacial score (nSPS) is 12.0. The number of carboxylic acid groups (broad SMARTS) is 1. The van der Waals surface area contributed by atoms with Gasteiger partial charge in [0, 0.05) is 12.4 Å². The summed E-state index contributed by atoms with van der Waals surface area (Å²) < 4.78 is 17.4. The molecule has 0 saturated heterocycles. The summed E-state index contributed by atoms with van der Waals surface area (Å²) in [7, 11) is 2.70. The number of H-pyrrole nitrogens is 1. The Bertz CT molecular complexity index is 1130. The summed E-state index contributed by atoms with van der Waals surface area (Å²) in [6.07, 6.45) is 2.50. The molecule has 0 aromatic heterocycles. The molecular weight excluding hydrogens is 406 g/mol. The van der Waals surface area contributed by atoms with Crippen LogP contribution in [0.1, 0.15) is 42.2 Å². The molecule has 0 radical (unpaired) electrons. The van der Waals surface area contributed by atoms with Crippen molar-refractivity contribution in [1.82, 2.24) is 14.8 Å². The maximum absolute atomic E-state index is 12.3. The highest BCUT2D eigenvalue weighted by Crippen LogP contribution is 2.34. The lowest BCUT2D eigenvalue weighted by atomic mass is 10.0. The van der Waals surface area contributed by atoms with Crippen LogP contribution in [0.5, 0.6) is 11.5 Å². The summed E-state index contributed by atoms with van der Waals surface area (Å²) in [4.78, 5) is 36.1. The molecule has 0 amide bonds.